The van der Waals surface area contributed by atoms with Crippen LogP contribution >= 0.6 is 0 Å². The molecule has 2 rings (SSSR count). The van der Waals surface area contributed by atoms with E-state index in [1.54, 1.807) is 12.1 Å². The number of benzene rings is 2. The smallest absolute Gasteiger partial charge is 0.414 e. The Morgan fingerprint density at radius 2 is 1.52 bits per heavy atom. The van der Waals surface area contributed by atoms with E-state index >= 15 is 0 Å². The zero-order valence-electron chi connectivity index (χ0n) is 19.0. The Morgan fingerprint density at radius 1 is 0.909 bits per heavy atom. The van der Waals surface area contributed by atoms with Gasteiger partial charge in [-0.25, -0.2) is 14.0 Å². The van der Waals surface area contributed by atoms with Crippen molar-refractivity contribution in [1.82, 2.24) is 5.32 Å². The summed E-state index contributed by atoms with van der Waals surface area (Å²) in [6.07, 6.45) is 1.87. The number of hydrogen-bond acceptors (Lipinski definition) is 6. The Kier molecular flexibility index (Phi) is 13.9. The van der Waals surface area contributed by atoms with Crippen molar-refractivity contribution in [2.24, 2.45) is 0 Å². The summed E-state index contributed by atoms with van der Waals surface area (Å²) >= 11 is 0. The van der Waals surface area contributed by atoms with Crippen molar-refractivity contribution < 1.29 is 38.4 Å². The molecule has 2 aromatic carbocycles. The summed E-state index contributed by atoms with van der Waals surface area (Å²) in [5.41, 5.74) is 1.02. The van der Waals surface area contributed by atoms with Crippen molar-refractivity contribution in [1.29, 1.82) is 0 Å². The van der Waals surface area contributed by atoms with Gasteiger partial charge in [-0.3, -0.25) is 0 Å². The molecule has 0 saturated carbocycles. The summed E-state index contributed by atoms with van der Waals surface area (Å²) in [5, 5.41) is 18.2. The van der Waals surface area contributed by atoms with Crippen LogP contribution in [0.5, 0.6) is 11.5 Å². The van der Waals surface area contributed by atoms with E-state index in [4.69, 9.17) is 34.0 Å². The summed E-state index contributed by atoms with van der Waals surface area (Å²) in [5.74, 6) is -2.32. The van der Waals surface area contributed by atoms with Crippen molar-refractivity contribution >= 4 is 11.9 Å². The fraction of sp³-hybridized carbons (Fsp3) is 0.417. The molecule has 8 nitrogen and oxygen atoms in total. The van der Waals surface area contributed by atoms with Gasteiger partial charge in [-0.15, -0.1) is 0 Å². The van der Waals surface area contributed by atoms with Crippen LogP contribution in [0.15, 0.2) is 48.5 Å². The van der Waals surface area contributed by atoms with E-state index < -0.39 is 11.9 Å². The van der Waals surface area contributed by atoms with Crippen LogP contribution in [0.1, 0.15) is 38.4 Å². The van der Waals surface area contributed by atoms with Gasteiger partial charge in [-0.1, -0.05) is 24.3 Å². The number of halogens is 1. The van der Waals surface area contributed by atoms with Crippen molar-refractivity contribution in [3.8, 4) is 11.5 Å². The number of carbonyl (C=O) groups is 2. The van der Waals surface area contributed by atoms with Crippen LogP contribution in [0.3, 0.4) is 0 Å². The lowest BCUT2D eigenvalue weighted by molar-refractivity contribution is -0.159. The van der Waals surface area contributed by atoms with E-state index in [0.29, 0.717) is 19.8 Å². The van der Waals surface area contributed by atoms with Crippen molar-refractivity contribution in [2.75, 3.05) is 32.9 Å². The molecular formula is C24H32FNO7. The minimum atomic E-state index is -1.82. The third-order valence-electron chi connectivity index (χ3n) is 4.30. The Labute approximate surface area is 193 Å². The van der Waals surface area contributed by atoms with Gasteiger partial charge in [0.2, 0.25) is 0 Å². The van der Waals surface area contributed by atoms with Gasteiger partial charge in [-0.05, 0) is 63.1 Å². The average molecular weight is 466 g/mol. The standard InChI is InChI=1S/C22H30FNO3.C2H2O4/c1-3-25-20(18-11-13-19(23)14-12-18)10-7-15-24-16-17-27-22-9-6-5-8-21(22)26-4-2;3-1(4)2(5)6/h5-6,8-9,11-14,20,24H,3-4,7,10,15-17H2,1-2H3;(H,3,4)(H,5,6). The second-order valence-electron chi connectivity index (χ2n) is 6.73. The molecule has 2 aromatic rings. The molecule has 0 amide bonds. The zero-order valence-corrected chi connectivity index (χ0v) is 19.0. The van der Waals surface area contributed by atoms with Crippen LogP contribution in [0, 0.1) is 5.82 Å². The monoisotopic (exact) mass is 465 g/mol. The molecule has 3 N–H and O–H groups in total. The largest absolute Gasteiger partial charge is 0.490 e. The minimum absolute atomic E-state index is 0.00622. The summed E-state index contributed by atoms with van der Waals surface area (Å²) in [7, 11) is 0. The normalized spacial score (nSPS) is 11.1. The van der Waals surface area contributed by atoms with Crippen LogP contribution < -0.4 is 14.8 Å². The Bertz CT molecular complexity index is 818. The molecule has 0 radical (unpaired) electrons. The maximum atomic E-state index is 13.1. The van der Waals surface area contributed by atoms with Crippen LogP contribution in [0.2, 0.25) is 0 Å². The number of carboxylic acids is 2. The molecule has 0 aliphatic heterocycles. The highest BCUT2D eigenvalue weighted by Gasteiger charge is 2.11. The van der Waals surface area contributed by atoms with Crippen molar-refractivity contribution in [2.45, 2.75) is 32.8 Å². The number of hydrogen-bond donors (Lipinski definition) is 3. The van der Waals surface area contributed by atoms with Gasteiger partial charge in [0.1, 0.15) is 12.4 Å². The van der Waals surface area contributed by atoms with Gasteiger partial charge >= 0.3 is 11.9 Å². The Balaban J connectivity index is 0.000000801. The van der Waals surface area contributed by atoms with Gasteiger partial charge in [0.05, 0.1) is 12.7 Å². The number of carboxylic acid groups (broad SMARTS) is 2. The van der Waals surface area contributed by atoms with Crippen molar-refractivity contribution in [3.63, 3.8) is 0 Å². The topological polar surface area (TPSA) is 114 Å². The molecule has 1 unspecified atom stereocenters. The molecule has 9 heteroatoms. The van der Waals surface area contributed by atoms with Crippen molar-refractivity contribution in [3.05, 3.63) is 59.9 Å². The SMILES string of the molecule is CCOc1ccccc1OCCNCCCC(OCC)c1ccc(F)cc1.O=C(O)C(=O)O. The van der Waals surface area contributed by atoms with Gasteiger partial charge < -0.3 is 29.7 Å². The maximum absolute atomic E-state index is 13.1. The number of rotatable bonds is 13. The molecule has 0 aliphatic carbocycles. The fourth-order valence-electron chi connectivity index (χ4n) is 2.84. The van der Waals surface area contributed by atoms with Gasteiger partial charge in [0.25, 0.3) is 0 Å². The average Bonchev–Trinajstić information content (AvgIpc) is 2.80. The predicted molar refractivity (Wildman–Crippen MR) is 121 cm³/mol. The third-order valence-corrected chi connectivity index (χ3v) is 4.30. The number of para-hydroxylation sites is 2. The van der Waals surface area contributed by atoms with Crippen LogP contribution in [-0.4, -0.2) is 55.1 Å². The van der Waals surface area contributed by atoms with Crippen LogP contribution in [-0.2, 0) is 14.3 Å². The molecular weight excluding hydrogens is 433 g/mol. The molecule has 0 bridgehead atoms. The summed E-state index contributed by atoms with van der Waals surface area (Å²) in [6, 6.07) is 14.3. The van der Waals surface area contributed by atoms with E-state index in [1.807, 2.05) is 38.1 Å². The van der Waals surface area contributed by atoms with Crippen LogP contribution in [0.4, 0.5) is 4.39 Å². The van der Waals surface area contributed by atoms with E-state index in [1.165, 1.54) is 12.1 Å². The number of aliphatic carboxylic acids is 2. The van der Waals surface area contributed by atoms with Gasteiger partial charge in [0.15, 0.2) is 11.5 Å². The summed E-state index contributed by atoms with van der Waals surface area (Å²) in [6.45, 7) is 7.41. The predicted octanol–water partition coefficient (Wildman–Crippen LogP) is 3.91. The van der Waals surface area contributed by atoms with E-state index in [2.05, 4.69) is 5.32 Å². The minimum Gasteiger partial charge on any atom is -0.490 e. The molecule has 0 fully saturated rings. The molecule has 0 aliphatic rings. The molecule has 33 heavy (non-hydrogen) atoms. The van der Waals surface area contributed by atoms with Gasteiger partial charge in [0, 0.05) is 13.2 Å². The lowest BCUT2D eigenvalue weighted by Crippen LogP contribution is -2.22. The highest BCUT2D eigenvalue weighted by atomic mass is 19.1. The first kappa shape index (κ1) is 27.9. The maximum Gasteiger partial charge on any atom is 0.414 e. The fourth-order valence-corrected chi connectivity index (χ4v) is 2.84. The lowest BCUT2D eigenvalue weighted by Gasteiger charge is -2.17. The van der Waals surface area contributed by atoms with E-state index in [9.17, 15) is 4.39 Å². The van der Waals surface area contributed by atoms with E-state index in [0.717, 1.165) is 43.0 Å². The third kappa shape index (κ3) is 11.9. The van der Waals surface area contributed by atoms with Crippen LogP contribution in [0.25, 0.3) is 0 Å². The molecule has 0 spiro atoms. The summed E-state index contributed by atoms with van der Waals surface area (Å²) < 4.78 is 30.2. The first-order valence-electron chi connectivity index (χ1n) is 10.8. The number of nitrogens with one attached hydrogen (secondary N) is 1. The number of ether oxygens (including phenoxy) is 3. The second kappa shape index (κ2) is 16.5. The molecule has 1 atom stereocenters. The highest BCUT2D eigenvalue weighted by molar-refractivity contribution is 6.27. The molecule has 0 heterocycles. The lowest BCUT2D eigenvalue weighted by atomic mass is 10.0. The molecule has 0 saturated heterocycles. The molecule has 0 aromatic heterocycles. The quantitative estimate of drug-likeness (QED) is 0.301. The van der Waals surface area contributed by atoms with Gasteiger partial charge in [-0.2, -0.15) is 0 Å². The second-order valence-corrected chi connectivity index (χ2v) is 6.73. The zero-order chi connectivity index (χ0) is 24.5. The molecule has 182 valence electrons. The van der Waals surface area contributed by atoms with E-state index in [-0.39, 0.29) is 11.9 Å². The first-order chi connectivity index (χ1) is 15.9. The first-order valence-corrected chi connectivity index (χ1v) is 10.8. The Hall–Kier alpha value is -3.17. The highest BCUT2D eigenvalue weighted by Crippen LogP contribution is 2.26. The summed E-state index contributed by atoms with van der Waals surface area (Å²) in [4.78, 5) is 18.2. The Morgan fingerprint density at radius 3 is 2.06 bits per heavy atom.